The summed E-state index contributed by atoms with van der Waals surface area (Å²) in [5.74, 6) is -0.551. The number of ketones is 1. The molecule has 0 aliphatic carbocycles. The molecule has 8 heteroatoms. The van der Waals surface area contributed by atoms with Crippen molar-refractivity contribution < 1.29 is 31.1 Å². The molecule has 0 heterocycles. The highest BCUT2D eigenvalue weighted by Crippen LogP contribution is 2.37. The lowest BCUT2D eigenvalue weighted by Gasteiger charge is -2.15. The van der Waals surface area contributed by atoms with Crippen molar-refractivity contribution in [3.8, 4) is 0 Å². The molecule has 0 amide bonds. The molecule has 106 valence electrons. The maximum Gasteiger partial charge on any atom is 0.416 e. The Morgan fingerprint density at radius 2 is 1.63 bits per heavy atom. The highest BCUT2D eigenvalue weighted by molar-refractivity contribution is 9.09. The first-order chi connectivity index (χ1) is 8.55. The molecule has 0 saturated heterocycles. The zero-order chi connectivity index (χ0) is 14.8. The quantitative estimate of drug-likeness (QED) is 0.590. The van der Waals surface area contributed by atoms with E-state index in [4.69, 9.17) is 0 Å². The van der Waals surface area contributed by atoms with E-state index in [1.165, 1.54) is 0 Å². The molecule has 0 saturated carbocycles. The predicted molar refractivity (Wildman–Crippen MR) is 59.0 cm³/mol. The van der Waals surface area contributed by atoms with E-state index in [0.717, 1.165) is 0 Å². The van der Waals surface area contributed by atoms with E-state index < -0.39 is 41.2 Å². The highest BCUT2D eigenvalue weighted by Gasteiger charge is 2.38. The second-order valence-electron chi connectivity index (χ2n) is 3.72. The first kappa shape index (κ1) is 16.0. The lowest BCUT2D eigenvalue weighted by atomic mass is 9.99. The topological polar surface area (TPSA) is 17.1 Å². The molecule has 19 heavy (non-hydrogen) atoms. The first-order valence-electron chi connectivity index (χ1n) is 4.90. The van der Waals surface area contributed by atoms with Crippen LogP contribution in [0.25, 0.3) is 0 Å². The van der Waals surface area contributed by atoms with E-state index in [1.54, 1.807) is 0 Å². The number of hydrogen-bond donors (Lipinski definition) is 0. The molecule has 0 unspecified atom stereocenters. The van der Waals surface area contributed by atoms with Crippen molar-refractivity contribution in [2.75, 3.05) is 5.33 Å². The van der Waals surface area contributed by atoms with E-state index in [9.17, 15) is 31.1 Å². The predicted octanol–water partition coefficient (Wildman–Crippen LogP) is 4.23. The van der Waals surface area contributed by atoms with E-state index in [2.05, 4.69) is 15.9 Å². The Morgan fingerprint density at radius 3 is 2.05 bits per heavy atom. The first-order valence-corrected chi connectivity index (χ1v) is 6.03. The van der Waals surface area contributed by atoms with Gasteiger partial charge in [-0.05, 0) is 17.7 Å². The smallest absolute Gasteiger partial charge is 0.298 e. The van der Waals surface area contributed by atoms with Crippen LogP contribution in [0, 0.1) is 0 Å². The highest BCUT2D eigenvalue weighted by atomic mass is 79.9. The van der Waals surface area contributed by atoms with Gasteiger partial charge in [-0.3, -0.25) is 4.79 Å². The molecule has 0 bridgehead atoms. The number of rotatable bonds is 3. The summed E-state index contributed by atoms with van der Waals surface area (Å²) < 4.78 is 75.2. The third-order valence-electron chi connectivity index (χ3n) is 2.28. The lowest BCUT2D eigenvalue weighted by Crippen LogP contribution is -2.15. The van der Waals surface area contributed by atoms with Gasteiger partial charge in [-0.1, -0.05) is 22.0 Å². The molecule has 1 nitrogen and oxygen atoms in total. The van der Waals surface area contributed by atoms with Crippen molar-refractivity contribution in [1.29, 1.82) is 0 Å². The SMILES string of the molecule is O=C(CBr)Cc1ccc(C(F)(F)F)cc1C(F)(F)F. The molecule has 0 aromatic heterocycles. The number of Topliss-reactive ketones (excluding diaryl/α,β-unsaturated/α-hetero) is 1. The van der Waals surface area contributed by atoms with Crippen LogP contribution in [0.2, 0.25) is 0 Å². The van der Waals surface area contributed by atoms with Crippen LogP contribution in [0.3, 0.4) is 0 Å². The molecule has 0 spiro atoms. The number of alkyl halides is 7. The van der Waals surface area contributed by atoms with Crippen molar-refractivity contribution in [3.63, 3.8) is 0 Å². The summed E-state index contributed by atoms with van der Waals surface area (Å²) in [5.41, 5.74) is -3.29. The fraction of sp³-hybridized carbons (Fsp3) is 0.364. The van der Waals surface area contributed by atoms with Crippen molar-refractivity contribution in [2.45, 2.75) is 18.8 Å². The zero-order valence-corrected chi connectivity index (χ0v) is 10.8. The van der Waals surface area contributed by atoms with Crippen molar-refractivity contribution in [3.05, 3.63) is 34.9 Å². The van der Waals surface area contributed by atoms with Crippen LogP contribution >= 0.6 is 15.9 Å². The fourth-order valence-corrected chi connectivity index (χ4v) is 1.63. The van der Waals surface area contributed by atoms with Crippen molar-refractivity contribution in [2.24, 2.45) is 0 Å². The average Bonchev–Trinajstić information content (AvgIpc) is 2.26. The van der Waals surface area contributed by atoms with Gasteiger partial charge >= 0.3 is 12.4 Å². The van der Waals surface area contributed by atoms with Gasteiger partial charge in [-0.2, -0.15) is 26.3 Å². The number of carbonyl (C=O) groups is 1. The van der Waals surface area contributed by atoms with Crippen LogP contribution in [-0.2, 0) is 23.6 Å². The Bertz CT molecular complexity index is 477. The van der Waals surface area contributed by atoms with Crippen LogP contribution in [0.4, 0.5) is 26.3 Å². The van der Waals surface area contributed by atoms with Gasteiger partial charge in [0.2, 0.25) is 0 Å². The Hall–Kier alpha value is -1.05. The molecular weight excluding hydrogens is 342 g/mol. The van der Waals surface area contributed by atoms with Gasteiger partial charge in [0, 0.05) is 6.42 Å². The van der Waals surface area contributed by atoms with Crippen molar-refractivity contribution in [1.82, 2.24) is 0 Å². The van der Waals surface area contributed by atoms with Gasteiger partial charge in [0.25, 0.3) is 0 Å². The minimum absolute atomic E-state index is 0.0246. The third kappa shape index (κ3) is 4.22. The summed E-state index contributed by atoms with van der Waals surface area (Å²) in [6, 6.07) is 1.25. The number of halogens is 7. The second-order valence-corrected chi connectivity index (χ2v) is 4.28. The summed E-state index contributed by atoms with van der Waals surface area (Å²) in [7, 11) is 0. The van der Waals surface area contributed by atoms with E-state index in [-0.39, 0.29) is 11.4 Å². The van der Waals surface area contributed by atoms with Gasteiger partial charge in [-0.25, -0.2) is 0 Å². The van der Waals surface area contributed by atoms with Crippen LogP contribution < -0.4 is 0 Å². The third-order valence-corrected chi connectivity index (χ3v) is 2.90. The van der Waals surface area contributed by atoms with E-state index >= 15 is 0 Å². The van der Waals surface area contributed by atoms with Gasteiger partial charge < -0.3 is 0 Å². The van der Waals surface area contributed by atoms with Gasteiger partial charge in [-0.15, -0.1) is 0 Å². The summed E-state index contributed by atoms with van der Waals surface area (Å²) in [4.78, 5) is 11.1. The number of carbonyl (C=O) groups excluding carboxylic acids is 1. The van der Waals surface area contributed by atoms with Crippen LogP contribution in [0.5, 0.6) is 0 Å². The maximum atomic E-state index is 12.7. The minimum atomic E-state index is -4.94. The molecule has 0 aliphatic rings. The van der Waals surface area contributed by atoms with Crippen LogP contribution in [0.1, 0.15) is 16.7 Å². The molecule has 1 aromatic rings. The van der Waals surface area contributed by atoms with Gasteiger partial charge in [0.05, 0.1) is 16.5 Å². The molecule has 1 rings (SSSR count). The molecule has 0 fully saturated rings. The summed E-state index contributed by atoms with van der Waals surface area (Å²) >= 11 is 2.78. The van der Waals surface area contributed by atoms with Gasteiger partial charge in [0.1, 0.15) is 5.78 Å². The molecular formula is C11H7BrF6O. The lowest BCUT2D eigenvalue weighted by molar-refractivity contribution is -0.143. The maximum absolute atomic E-state index is 12.7. The largest absolute Gasteiger partial charge is 0.416 e. The molecule has 1 aromatic carbocycles. The van der Waals surface area contributed by atoms with Crippen LogP contribution in [-0.4, -0.2) is 11.1 Å². The summed E-state index contributed by atoms with van der Waals surface area (Å²) in [5, 5.41) is -0.161. The summed E-state index contributed by atoms with van der Waals surface area (Å²) in [6.07, 6.45) is -10.4. The number of hydrogen-bond acceptors (Lipinski definition) is 1. The normalized spacial score (nSPS) is 12.6. The fourth-order valence-electron chi connectivity index (χ4n) is 1.43. The Morgan fingerprint density at radius 1 is 1.05 bits per heavy atom. The standard InChI is InChI=1S/C11H7BrF6O/c12-5-8(19)3-6-1-2-7(10(13,14)15)4-9(6)11(16,17)18/h1-2,4H,3,5H2. The second kappa shape index (κ2) is 5.52. The molecule has 0 aliphatic heterocycles. The summed E-state index contributed by atoms with van der Waals surface area (Å²) in [6.45, 7) is 0. The Balaban J connectivity index is 3.29. The Kier molecular flexibility index (Phi) is 4.65. The van der Waals surface area contributed by atoms with Gasteiger partial charge in [0.15, 0.2) is 0 Å². The molecule has 0 atom stereocenters. The molecule has 0 radical (unpaired) electrons. The monoisotopic (exact) mass is 348 g/mol. The van der Waals surface area contributed by atoms with E-state index in [0.29, 0.717) is 12.1 Å². The van der Waals surface area contributed by atoms with Crippen LogP contribution in [0.15, 0.2) is 18.2 Å². The Labute approximate surface area is 112 Å². The average molecular weight is 349 g/mol. The van der Waals surface area contributed by atoms with Crippen molar-refractivity contribution >= 4 is 21.7 Å². The van der Waals surface area contributed by atoms with E-state index in [1.807, 2.05) is 0 Å². The minimum Gasteiger partial charge on any atom is -0.298 e. The number of benzene rings is 1. The molecule has 0 N–H and O–H groups in total. The zero-order valence-electron chi connectivity index (χ0n) is 9.20.